The molecular formula is C18H14F2N4O2. The molecule has 0 atom stereocenters. The van der Waals surface area contributed by atoms with E-state index in [0.29, 0.717) is 23.1 Å². The van der Waals surface area contributed by atoms with E-state index in [0.717, 1.165) is 5.69 Å². The molecule has 0 saturated heterocycles. The minimum absolute atomic E-state index is 0.188. The highest BCUT2D eigenvalue weighted by atomic mass is 19.1. The highest BCUT2D eigenvalue weighted by Gasteiger charge is 2.14. The molecule has 1 aliphatic rings. The van der Waals surface area contributed by atoms with Crippen molar-refractivity contribution in [2.75, 3.05) is 17.4 Å². The van der Waals surface area contributed by atoms with Crippen LogP contribution in [0.3, 0.4) is 0 Å². The average Bonchev–Trinajstić information content (AvgIpc) is 3.05. The van der Waals surface area contributed by atoms with Crippen molar-refractivity contribution in [2.45, 2.75) is 6.92 Å². The third kappa shape index (κ3) is 3.21. The summed E-state index contributed by atoms with van der Waals surface area (Å²) in [6, 6.07) is 10.6. The number of nitrogens with zero attached hydrogens (tertiary/aromatic N) is 2. The van der Waals surface area contributed by atoms with Gasteiger partial charge in [0.1, 0.15) is 34.8 Å². The van der Waals surface area contributed by atoms with Crippen LogP contribution in [0.2, 0.25) is 0 Å². The Bertz CT molecular complexity index is 961. The molecular weight excluding hydrogens is 342 g/mol. The van der Waals surface area contributed by atoms with E-state index in [9.17, 15) is 8.78 Å². The Morgan fingerprint density at radius 1 is 0.885 bits per heavy atom. The topological polar surface area (TPSA) is 68.3 Å². The Morgan fingerprint density at radius 3 is 2.35 bits per heavy atom. The molecule has 0 bridgehead atoms. The molecule has 2 N–H and O–H groups in total. The number of hydrogen-bond donors (Lipinski definition) is 2. The summed E-state index contributed by atoms with van der Waals surface area (Å²) >= 11 is 0. The minimum Gasteiger partial charge on any atom is -0.454 e. The van der Waals surface area contributed by atoms with E-state index in [1.54, 1.807) is 25.1 Å². The lowest BCUT2D eigenvalue weighted by molar-refractivity contribution is 0.174. The maximum absolute atomic E-state index is 13.8. The molecule has 1 aromatic heterocycles. The van der Waals surface area contributed by atoms with Gasteiger partial charge in [0.15, 0.2) is 11.5 Å². The van der Waals surface area contributed by atoms with Crippen molar-refractivity contribution in [1.82, 2.24) is 9.97 Å². The zero-order chi connectivity index (χ0) is 18.1. The van der Waals surface area contributed by atoms with E-state index < -0.39 is 11.6 Å². The number of para-hydroxylation sites is 1. The Labute approximate surface area is 147 Å². The number of nitrogens with one attached hydrogen (secondary N) is 2. The molecule has 0 fully saturated rings. The van der Waals surface area contributed by atoms with Crippen LogP contribution in [0.25, 0.3) is 0 Å². The van der Waals surface area contributed by atoms with Gasteiger partial charge in [0.05, 0.1) is 0 Å². The molecule has 6 nitrogen and oxygen atoms in total. The fourth-order valence-electron chi connectivity index (χ4n) is 2.56. The van der Waals surface area contributed by atoms with Crippen molar-refractivity contribution in [2.24, 2.45) is 0 Å². The Hall–Kier alpha value is -3.42. The second kappa shape index (κ2) is 6.47. The van der Waals surface area contributed by atoms with Gasteiger partial charge in [-0.2, -0.15) is 0 Å². The predicted octanol–water partition coefficient (Wildman–Crippen LogP) is 4.28. The summed E-state index contributed by atoms with van der Waals surface area (Å²) in [6.45, 7) is 1.88. The van der Waals surface area contributed by atoms with E-state index in [1.807, 2.05) is 6.07 Å². The molecule has 0 aliphatic carbocycles. The van der Waals surface area contributed by atoms with Gasteiger partial charge in [-0.15, -0.1) is 0 Å². The van der Waals surface area contributed by atoms with Crippen LogP contribution in [-0.4, -0.2) is 16.8 Å². The maximum atomic E-state index is 13.8. The predicted molar refractivity (Wildman–Crippen MR) is 92.3 cm³/mol. The molecule has 8 heteroatoms. The highest BCUT2D eigenvalue weighted by molar-refractivity contribution is 5.66. The van der Waals surface area contributed by atoms with Crippen LogP contribution in [-0.2, 0) is 0 Å². The van der Waals surface area contributed by atoms with Crippen molar-refractivity contribution in [3.63, 3.8) is 0 Å². The van der Waals surface area contributed by atoms with Crippen molar-refractivity contribution in [3.05, 3.63) is 59.9 Å². The van der Waals surface area contributed by atoms with Gasteiger partial charge >= 0.3 is 0 Å². The van der Waals surface area contributed by atoms with Crippen LogP contribution < -0.4 is 20.1 Å². The zero-order valence-corrected chi connectivity index (χ0v) is 13.7. The summed E-state index contributed by atoms with van der Waals surface area (Å²) < 4.78 is 38.3. The third-order valence-electron chi connectivity index (χ3n) is 3.70. The van der Waals surface area contributed by atoms with E-state index in [1.165, 1.54) is 18.2 Å². The summed E-state index contributed by atoms with van der Waals surface area (Å²) in [4.78, 5) is 8.46. The van der Waals surface area contributed by atoms with Crippen molar-refractivity contribution >= 4 is 23.0 Å². The number of aromatic nitrogens is 2. The standard InChI is InChI=1S/C18H14F2N4O2/c1-10-21-16(23-11-5-6-14-15(7-11)26-9-25-14)8-17(22-10)24-18-12(19)3-2-4-13(18)20/h2-8H,9H2,1H3,(H2,21,22,23,24). The quantitative estimate of drug-likeness (QED) is 0.727. The van der Waals surface area contributed by atoms with E-state index >= 15 is 0 Å². The van der Waals surface area contributed by atoms with Crippen LogP contribution in [0.5, 0.6) is 11.5 Å². The first-order chi connectivity index (χ1) is 12.6. The lowest BCUT2D eigenvalue weighted by Crippen LogP contribution is -2.03. The van der Waals surface area contributed by atoms with Crippen LogP contribution in [0.1, 0.15) is 5.82 Å². The first-order valence-corrected chi connectivity index (χ1v) is 7.82. The molecule has 2 aromatic carbocycles. The number of benzene rings is 2. The molecule has 3 aromatic rings. The number of ether oxygens (including phenoxy) is 2. The van der Waals surface area contributed by atoms with Crippen molar-refractivity contribution in [1.29, 1.82) is 0 Å². The average molecular weight is 356 g/mol. The second-order valence-electron chi connectivity index (χ2n) is 5.60. The molecule has 0 radical (unpaired) electrons. The van der Waals surface area contributed by atoms with Gasteiger partial charge in [0.2, 0.25) is 6.79 Å². The maximum Gasteiger partial charge on any atom is 0.231 e. The van der Waals surface area contributed by atoms with Crippen molar-refractivity contribution in [3.8, 4) is 11.5 Å². The van der Waals surface area contributed by atoms with Crippen LogP contribution in [0, 0.1) is 18.6 Å². The minimum atomic E-state index is -0.702. The summed E-state index contributed by atoms with van der Waals surface area (Å²) in [6.07, 6.45) is 0. The van der Waals surface area contributed by atoms with Crippen molar-refractivity contribution < 1.29 is 18.3 Å². The molecule has 0 amide bonds. The fraction of sp³-hybridized carbons (Fsp3) is 0.111. The van der Waals surface area contributed by atoms with E-state index in [4.69, 9.17) is 9.47 Å². The Morgan fingerprint density at radius 2 is 1.58 bits per heavy atom. The lowest BCUT2D eigenvalue weighted by atomic mass is 10.2. The molecule has 0 unspecified atom stereocenters. The number of anilines is 4. The van der Waals surface area contributed by atoms with E-state index in [2.05, 4.69) is 20.6 Å². The van der Waals surface area contributed by atoms with Gasteiger partial charge < -0.3 is 20.1 Å². The number of aryl methyl sites for hydroxylation is 1. The zero-order valence-electron chi connectivity index (χ0n) is 13.7. The van der Waals surface area contributed by atoms with Gasteiger partial charge in [-0.3, -0.25) is 0 Å². The Kier molecular flexibility index (Phi) is 4.00. The third-order valence-corrected chi connectivity index (χ3v) is 3.70. The Balaban J connectivity index is 1.60. The number of rotatable bonds is 4. The molecule has 132 valence electrons. The molecule has 4 rings (SSSR count). The number of hydrogen-bond acceptors (Lipinski definition) is 6. The number of halogens is 2. The first kappa shape index (κ1) is 16.1. The van der Waals surface area contributed by atoms with Gasteiger partial charge in [-0.25, -0.2) is 18.7 Å². The summed E-state index contributed by atoms with van der Waals surface area (Å²) in [5.74, 6) is 1.08. The summed E-state index contributed by atoms with van der Waals surface area (Å²) in [7, 11) is 0. The molecule has 1 aliphatic heterocycles. The number of fused-ring (bicyclic) bond motifs is 1. The molecule has 0 spiro atoms. The normalized spacial score (nSPS) is 12.1. The molecule has 2 heterocycles. The van der Waals surface area contributed by atoms with Crippen LogP contribution in [0.4, 0.5) is 31.8 Å². The second-order valence-corrected chi connectivity index (χ2v) is 5.60. The molecule has 26 heavy (non-hydrogen) atoms. The van der Waals surface area contributed by atoms with Gasteiger partial charge in [0.25, 0.3) is 0 Å². The van der Waals surface area contributed by atoms with Gasteiger partial charge in [-0.1, -0.05) is 6.07 Å². The largest absolute Gasteiger partial charge is 0.454 e. The SMILES string of the molecule is Cc1nc(Nc2ccc3c(c2)OCO3)cc(Nc2c(F)cccc2F)n1. The van der Waals surface area contributed by atoms with Crippen LogP contribution >= 0.6 is 0 Å². The lowest BCUT2D eigenvalue weighted by Gasteiger charge is -2.11. The smallest absolute Gasteiger partial charge is 0.231 e. The van der Waals surface area contributed by atoms with Crippen LogP contribution in [0.15, 0.2) is 42.5 Å². The fourth-order valence-corrected chi connectivity index (χ4v) is 2.56. The van der Waals surface area contributed by atoms with Gasteiger partial charge in [-0.05, 0) is 31.2 Å². The first-order valence-electron chi connectivity index (χ1n) is 7.82. The monoisotopic (exact) mass is 356 g/mol. The molecule has 0 saturated carbocycles. The highest BCUT2D eigenvalue weighted by Crippen LogP contribution is 2.35. The summed E-state index contributed by atoms with van der Waals surface area (Å²) in [5.41, 5.74) is 0.468. The van der Waals surface area contributed by atoms with Gasteiger partial charge in [0, 0.05) is 17.8 Å². The summed E-state index contributed by atoms with van der Waals surface area (Å²) in [5, 5.41) is 5.78. The van der Waals surface area contributed by atoms with E-state index in [-0.39, 0.29) is 18.3 Å².